The number of aromatic nitrogens is 3. The topological polar surface area (TPSA) is 87.5 Å². The Morgan fingerprint density at radius 2 is 1.85 bits per heavy atom. The van der Waals surface area contributed by atoms with Crippen LogP contribution in [0.25, 0.3) is 5.69 Å². The normalized spacial score (nSPS) is 11.7. The highest BCUT2D eigenvalue weighted by Crippen LogP contribution is 2.32. The zero-order valence-corrected chi connectivity index (χ0v) is 18.4. The van der Waals surface area contributed by atoms with Crippen molar-refractivity contribution in [2.75, 3.05) is 19.0 Å². The summed E-state index contributed by atoms with van der Waals surface area (Å²) in [6.45, 7) is 6.49. The number of benzene rings is 2. The van der Waals surface area contributed by atoms with Crippen molar-refractivity contribution in [3.05, 3.63) is 54.6 Å². The number of alkyl halides is 3. The molecule has 0 saturated heterocycles. The van der Waals surface area contributed by atoms with Crippen LogP contribution in [-0.4, -0.2) is 40.8 Å². The molecule has 2 aromatic carbocycles. The van der Waals surface area contributed by atoms with Crippen LogP contribution in [-0.2, 0) is 0 Å². The van der Waals surface area contributed by atoms with Crippen LogP contribution in [0.15, 0.2) is 49.1 Å². The highest BCUT2D eigenvalue weighted by molar-refractivity contribution is 6.05. The maximum atomic E-state index is 12.9. The van der Waals surface area contributed by atoms with Gasteiger partial charge in [-0.2, -0.15) is 5.10 Å². The SMILES string of the molecule is COc1cc(C(=O)Nc2cc(OC(F)(F)F)ccc2-n2cncn2)ccc1OCC(C)(C)C. The summed E-state index contributed by atoms with van der Waals surface area (Å²) in [5.41, 5.74) is 0.468. The standard InChI is InChI=1S/C22H23F3N4O4/c1-21(2,3)11-32-18-8-5-14(9-19(18)31-4)20(30)28-16-10-15(33-22(23,24)25)6-7-17(16)29-13-26-12-27-29/h5-10,12-13H,11H2,1-4H3,(H,28,30). The molecule has 1 heterocycles. The smallest absolute Gasteiger partial charge is 0.493 e. The Labute approximate surface area is 188 Å². The van der Waals surface area contributed by atoms with Crippen molar-refractivity contribution >= 4 is 11.6 Å². The molecule has 8 nitrogen and oxygen atoms in total. The van der Waals surface area contributed by atoms with Gasteiger partial charge in [-0.05, 0) is 35.7 Å². The highest BCUT2D eigenvalue weighted by Gasteiger charge is 2.31. The molecular formula is C22H23F3N4O4. The molecule has 1 N–H and O–H groups in total. The lowest BCUT2D eigenvalue weighted by Gasteiger charge is -2.20. The second-order valence-electron chi connectivity index (χ2n) is 8.24. The van der Waals surface area contributed by atoms with Crippen LogP contribution in [0.2, 0.25) is 0 Å². The maximum Gasteiger partial charge on any atom is 0.573 e. The van der Waals surface area contributed by atoms with Gasteiger partial charge in [-0.3, -0.25) is 4.79 Å². The number of hydrogen-bond donors (Lipinski definition) is 1. The van der Waals surface area contributed by atoms with E-state index in [0.717, 1.165) is 12.1 Å². The number of methoxy groups -OCH3 is 1. The lowest BCUT2D eigenvalue weighted by Crippen LogP contribution is -2.18. The molecule has 1 amide bonds. The third-order valence-corrected chi connectivity index (χ3v) is 4.20. The molecule has 11 heteroatoms. The Morgan fingerprint density at radius 1 is 1.09 bits per heavy atom. The van der Waals surface area contributed by atoms with Crippen molar-refractivity contribution in [2.45, 2.75) is 27.1 Å². The van der Waals surface area contributed by atoms with Crippen molar-refractivity contribution in [3.63, 3.8) is 0 Å². The first-order valence-electron chi connectivity index (χ1n) is 9.82. The summed E-state index contributed by atoms with van der Waals surface area (Å²) in [6.07, 6.45) is -2.28. The molecule has 0 aliphatic heterocycles. The van der Waals surface area contributed by atoms with E-state index >= 15 is 0 Å². The first-order chi connectivity index (χ1) is 15.4. The first-order valence-corrected chi connectivity index (χ1v) is 9.82. The number of nitrogens with zero attached hydrogens (tertiary/aromatic N) is 3. The number of hydrogen-bond acceptors (Lipinski definition) is 6. The van der Waals surface area contributed by atoms with Crippen LogP contribution in [0.4, 0.5) is 18.9 Å². The molecule has 176 valence electrons. The summed E-state index contributed by atoms with van der Waals surface area (Å²) in [7, 11) is 1.45. The molecule has 3 aromatic rings. The Hall–Kier alpha value is -3.76. The number of halogens is 3. The number of ether oxygens (including phenoxy) is 3. The largest absolute Gasteiger partial charge is 0.573 e. The fourth-order valence-corrected chi connectivity index (χ4v) is 2.76. The van der Waals surface area contributed by atoms with Gasteiger partial charge in [0.2, 0.25) is 0 Å². The molecule has 33 heavy (non-hydrogen) atoms. The number of nitrogens with one attached hydrogen (secondary N) is 1. The van der Waals surface area contributed by atoms with Gasteiger partial charge >= 0.3 is 6.36 Å². The fourth-order valence-electron chi connectivity index (χ4n) is 2.76. The number of carbonyl (C=O) groups excluding carboxylic acids is 1. The van der Waals surface area contributed by atoms with E-state index in [1.165, 1.54) is 42.6 Å². The Morgan fingerprint density at radius 3 is 2.45 bits per heavy atom. The van der Waals surface area contributed by atoms with Gasteiger partial charge in [0.25, 0.3) is 5.91 Å². The second-order valence-corrected chi connectivity index (χ2v) is 8.24. The van der Waals surface area contributed by atoms with Crippen LogP contribution < -0.4 is 19.5 Å². The number of amides is 1. The molecule has 0 aliphatic carbocycles. The van der Waals surface area contributed by atoms with Crippen molar-refractivity contribution < 1.29 is 32.2 Å². The van der Waals surface area contributed by atoms with E-state index in [-0.39, 0.29) is 16.7 Å². The van der Waals surface area contributed by atoms with Gasteiger partial charge in [-0.1, -0.05) is 20.8 Å². The molecule has 1 aromatic heterocycles. The first kappa shape index (κ1) is 23.9. The molecular weight excluding hydrogens is 441 g/mol. The monoisotopic (exact) mass is 464 g/mol. The number of anilines is 1. The highest BCUT2D eigenvalue weighted by atomic mass is 19.4. The van der Waals surface area contributed by atoms with Crippen LogP contribution in [0.5, 0.6) is 17.2 Å². The molecule has 0 fully saturated rings. The van der Waals surface area contributed by atoms with Crippen LogP contribution >= 0.6 is 0 Å². The van der Waals surface area contributed by atoms with E-state index in [9.17, 15) is 18.0 Å². The summed E-state index contributed by atoms with van der Waals surface area (Å²) in [6, 6.07) is 8.11. The lowest BCUT2D eigenvalue weighted by molar-refractivity contribution is -0.274. The molecule has 0 aliphatic rings. The summed E-state index contributed by atoms with van der Waals surface area (Å²) in [5, 5.41) is 6.56. The van der Waals surface area contributed by atoms with Crippen molar-refractivity contribution in [2.24, 2.45) is 5.41 Å². The Bertz CT molecular complexity index is 1110. The molecule has 0 radical (unpaired) electrons. The summed E-state index contributed by atoms with van der Waals surface area (Å²) >= 11 is 0. The fraction of sp³-hybridized carbons (Fsp3) is 0.318. The Balaban J connectivity index is 1.88. The number of rotatable bonds is 7. The van der Waals surface area contributed by atoms with Gasteiger partial charge in [0.1, 0.15) is 18.4 Å². The van der Waals surface area contributed by atoms with E-state index in [2.05, 4.69) is 20.1 Å². The minimum Gasteiger partial charge on any atom is -0.493 e. The van der Waals surface area contributed by atoms with Gasteiger partial charge in [-0.25, -0.2) is 9.67 Å². The molecule has 0 saturated carbocycles. The second kappa shape index (κ2) is 9.39. The summed E-state index contributed by atoms with van der Waals surface area (Å²) in [5.74, 6) is -0.267. The third kappa shape index (κ3) is 6.61. The molecule has 3 rings (SSSR count). The van der Waals surface area contributed by atoms with Gasteiger partial charge < -0.3 is 19.5 Å². The zero-order valence-electron chi connectivity index (χ0n) is 18.4. The van der Waals surface area contributed by atoms with E-state index in [4.69, 9.17) is 9.47 Å². The van der Waals surface area contributed by atoms with Gasteiger partial charge in [0.05, 0.1) is 25.1 Å². The average Bonchev–Trinajstić information content (AvgIpc) is 3.25. The van der Waals surface area contributed by atoms with E-state index < -0.39 is 18.0 Å². The Kier molecular flexibility index (Phi) is 6.80. The zero-order chi connectivity index (χ0) is 24.2. The minimum atomic E-state index is -4.88. The van der Waals surface area contributed by atoms with Crippen molar-refractivity contribution in [1.82, 2.24) is 14.8 Å². The third-order valence-electron chi connectivity index (χ3n) is 4.20. The van der Waals surface area contributed by atoms with Crippen LogP contribution in [0.1, 0.15) is 31.1 Å². The van der Waals surface area contributed by atoms with Crippen LogP contribution in [0.3, 0.4) is 0 Å². The number of carbonyl (C=O) groups is 1. The van der Waals surface area contributed by atoms with Gasteiger partial charge in [0, 0.05) is 11.6 Å². The van der Waals surface area contributed by atoms with Crippen LogP contribution in [0, 0.1) is 5.41 Å². The minimum absolute atomic E-state index is 0.0410. The van der Waals surface area contributed by atoms with E-state index in [1.54, 1.807) is 6.07 Å². The van der Waals surface area contributed by atoms with E-state index in [0.29, 0.717) is 23.8 Å². The lowest BCUT2D eigenvalue weighted by atomic mass is 9.99. The molecule has 0 atom stereocenters. The summed E-state index contributed by atoms with van der Waals surface area (Å²) < 4.78 is 54.4. The quantitative estimate of drug-likeness (QED) is 0.538. The average molecular weight is 464 g/mol. The van der Waals surface area contributed by atoms with Gasteiger partial charge in [-0.15, -0.1) is 13.2 Å². The molecule has 0 bridgehead atoms. The van der Waals surface area contributed by atoms with Crippen molar-refractivity contribution in [1.29, 1.82) is 0 Å². The van der Waals surface area contributed by atoms with Crippen molar-refractivity contribution in [3.8, 4) is 22.9 Å². The molecule has 0 unspecified atom stereocenters. The summed E-state index contributed by atoms with van der Waals surface area (Å²) in [4.78, 5) is 16.7. The predicted molar refractivity (Wildman–Crippen MR) is 114 cm³/mol. The molecule has 0 spiro atoms. The predicted octanol–water partition coefficient (Wildman–Crippen LogP) is 4.85. The maximum absolute atomic E-state index is 12.9. The van der Waals surface area contributed by atoms with E-state index in [1.807, 2.05) is 20.8 Å². The van der Waals surface area contributed by atoms with Gasteiger partial charge in [0.15, 0.2) is 11.5 Å².